The first-order chi connectivity index (χ1) is 13.5. The van der Waals surface area contributed by atoms with E-state index < -0.39 is 0 Å². The van der Waals surface area contributed by atoms with Crippen LogP contribution in [-0.2, 0) is 7.05 Å². The lowest BCUT2D eigenvalue weighted by atomic mass is 10.1. The number of aromatic nitrogens is 3. The summed E-state index contributed by atoms with van der Waals surface area (Å²) in [5, 5.41) is 5.99. The minimum absolute atomic E-state index is 0.589. The van der Waals surface area contributed by atoms with Gasteiger partial charge in [-0.1, -0.05) is 49.9 Å². The maximum absolute atomic E-state index is 6.48. The molecule has 0 aliphatic carbocycles. The lowest BCUT2D eigenvalue weighted by molar-refractivity contribution is 0.667. The van der Waals surface area contributed by atoms with Gasteiger partial charge in [0, 0.05) is 36.4 Å². The van der Waals surface area contributed by atoms with E-state index >= 15 is 0 Å². The van der Waals surface area contributed by atoms with Gasteiger partial charge in [0.1, 0.15) is 16.7 Å². The van der Waals surface area contributed by atoms with Gasteiger partial charge in [0.2, 0.25) is 0 Å². The average Bonchev–Trinajstić information content (AvgIpc) is 2.97. The van der Waals surface area contributed by atoms with Crippen molar-refractivity contribution in [2.24, 2.45) is 7.05 Å². The Morgan fingerprint density at radius 2 is 1.82 bits per heavy atom. The van der Waals surface area contributed by atoms with Gasteiger partial charge >= 0.3 is 0 Å². The Balaban J connectivity index is 2.16. The molecule has 0 unspecified atom stereocenters. The molecule has 2 aromatic heterocycles. The van der Waals surface area contributed by atoms with Crippen LogP contribution < -0.4 is 4.90 Å². The van der Waals surface area contributed by atoms with Crippen molar-refractivity contribution in [2.75, 3.05) is 18.0 Å². The number of unbranched alkanes of at least 4 members (excludes halogenated alkanes) is 2. The highest BCUT2D eigenvalue weighted by Crippen LogP contribution is 2.37. The van der Waals surface area contributed by atoms with E-state index in [1.54, 1.807) is 6.07 Å². The summed E-state index contributed by atoms with van der Waals surface area (Å²) in [5.41, 5.74) is 5.78. The molecule has 0 fully saturated rings. The summed E-state index contributed by atoms with van der Waals surface area (Å²) in [5.74, 6) is 0. The molecule has 2 heterocycles. The summed E-state index contributed by atoms with van der Waals surface area (Å²) in [6.07, 6.45) is 4.75. The molecule has 0 saturated heterocycles. The zero-order valence-corrected chi connectivity index (χ0v) is 18.6. The van der Waals surface area contributed by atoms with Crippen LogP contribution in [0.4, 0.5) is 5.69 Å². The molecular weight excluding hydrogens is 391 g/mol. The maximum Gasteiger partial charge on any atom is 0.120 e. The largest absolute Gasteiger partial charge is 0.370 e. The molecule has 0 bridgehead atoms. The Kier molecular flexibility index (Phi) is 6.84. The van der Waals surface area contributed by atoms with E-state index in [0.717, 1.165) is 47.5 Å². The van der Waals surface area contributed by atoms with Crippen LogP contribution in [-0.4, -0.2) is 27.9 Å². The second-order valence-corrected chi connectivity index (χ2v) is 8.11. The predicted octanol–water partition coefficient (Wildman–Crippen LogP) is 6.66. The smallest absolute Gasteiger partial charge is 0.120 e. The number of hydrogen-bond donors (Lipinski definition) is 0. The molecule has 150 valence electrons. The average molecular weight is 419 g/mol. The molecular formula is C22H28Cl2N4. The molecule has 3 rings (SSSR count). The van der Waals surface area contributed by atoms with E-state index in [9.17, 15) is 0 Å². The second-order valence-electron chi connectivity index (χ2n) is 7.27. The van der Waals surface area contributed by atoms with E-state index in [1.165, 1.54) is 24.9 Å². The number of rotatable bonds is 8. The van der Waals surface area contributed by atoms with Crippen molar-refractivity contribution in [3.63, 3.8) is 0 Å². The molecule has 1 aromatic carbocycles. The highest BCUT2D eigenvalue weighted by Gasteiger charge is 2.21. The van der Waals surface area contributed by atoms with Crippen LogP contribution in [0.25, 0.3) is 22.3 Å². The van der Waals surface area contributed by atoms with Gasteiger partial charge in [-0.25, -0.2) is 4.98 Å². The number of pyridine rings is 1. The van der Waals surface area contributed by atoms with Crippen molar-refractivity contribution >= 4 is 39.9 Å². The Morgan fingerprint density at radius 3 is 2.50 bits per heavy atom. The van der Waals surface area contributed by atoms with Crippen molar-refractivity contribution < 1.29 is 0 Å². The van der Waals surface area contributed by atoms with Crippen LogP contribution >= 0.6 is 23.2 Å². The van der Waals surface area contributed by atoms with Crippen LogP contribution in [0.1, 0.15) is 45.2 Å². The molecule has 3 aromatic rings. The third-order valence-electron chi connectivity index (χ3n) is 4.95. The lowest BCUT2D eigenvalue weighted by Crippen LogP contribution is -2.26. The number of halogens is 2. The first kappa shape index (κ1) is 20.9. The third-order valence-corrected chi connectivity index (χ3v) is 5.50. The van der Waals surface area contributed by atoms with Crippen molar-refractivity contribution in [1.29, 1.82) is 0 Å². The minimum Gasteiger partial charge on any atom is -0.370 e. The molecule has 0 spiro atoms. The van der Waals surface area contributed by atoms with Gasteiger partial charge in [-0.2, -0.15) is 5.10 Å². The van der Waals surface area contributed by atoms with Gasteiger partial charge in [-0.15, -0.1) is 0 Å². The number of nitrogens with zero attached hydrogens (tertiary/aromatic N) is 4. The predicted molar refractivity (Wildman–Crippen MR) is 121 cm³/mol. The summed E-state index contributed by atoms with van der Waals surface area (Å²) in [6.45, 7) is 8.56. The van der Waals surface area contributed by atoms with Gasteiger partial charge in [-0.3, -0.25) is 4.68 Å². The zero-order valence-electron chi connectivity index (χ0n) is 17.1. The van der Waals surface area contributed by atoms with Crippen LogP contribution in [0.2, 0.25) is 10.0 Å². The molecule has 6 heteroatoms. The molecule has 4 nitrogen and oxygen atoms in total. The monoisotopic (exact) mass is 418 g/mol. The first-order valence-corrected chi connectivity index (χ1v) is 10.8. The molecule has 0 radical (unpaired) electrons. The summed E-state index contributed by atoms with van der Waals surface area (Å²) in [7, 11) is 1.98. The van der Waals surface area contributed by atoms with Crippen molar-refractivity contribution in [2.45, 2.75) is 46.5 Å². The highest BCUT2D eigenvalue weighted by atomic mass is 35.5. The van der Waals surface area contributed by atoms with Crippen molar-refractivity contribution in [1.82, 2.24) is 14.8 Å². The van der Waals surface area contributed by atoms with Gasteiger partial charge in [0.15, 0.2) is 0 Å². The fourth-order valence-corrected chi connectivity index (χ4v) is 4.16. The maximum atomic E-state index is 6.48. The van der Waals surface area contributed by atoms with Crippen LogP contribution in [0.5, 0.6) is 0 Å². The Labute approximate surface area is 177 Å². The SMILES string of the molecule is CCCCCN(CCC)c1cc(C)nc2c(-c3ccc(Cl)cc3Cl)nn(C)c12. The summed E-state index contributed by atoms with van der Waals surface area (Å²) >= 11 is 12.6. The Hall–Kier alpha value is -1.78. The highest BCUT2D eigenvalue weighted by molar-refractivity contribution is 6.36. The van der Waals surface area contributed by atoms with E-state index in [0.29, 0.717) is 10.0 Å². The van der Waals surface area contributed by atoms with E-state index in [2.05, 4.69) is 24.8 Å². The number of benzene rings is 1. The first-order valence-electron chi connectivity index (χ1n) is 10.0. The third kappa shape index (κ3) is 4.28. The zero-order chi connectivity index (χ0) is 20.3. The van der Waals surface area contributed by atoms with Crippen LogP contribution in [0.3, 0.4) is 0 Å². The number of anilines is 1. The van der Waals surface area contributed by atoms with Gasteiger partial charge in [-0.05, 0) is 44.0 Å². The summed E-state index contributed by atoms with van der Waals surface area (Å²) < 4.78 is 1.93. The molecule has 28 heavy (non-hydrogen) atoms. The van der Waals surface area contributed by atoms with Crippen molar-refractivity contribution in [3.05, 3.63) is 40.0 Å². The normalized spacial score (nSPS) is 11.4. The topological polar surface area (TPSA) is 34.0 Å². The fourth-order valence-electron chi connectivity index (χ4n) is 3.66. The standard InChI is InChI=1S/C22H28Cl2N4/c1-5-7-8-12-28(11-6-2)19-13-15(3)25-21-20(26-27(4)22(19)21)17-10-9-16(23)14-18(17)24/h9-10,13-14H,5-8,11-12H2,1-4H3. The number of fused-ring (bicyclic) bond motifs is 1. The molecule has 0 amide bonds. The second kappa shape index (κ2) is 9.15. The quantitative estimate of drug-likeness (QED) is 0.383. The molecule has 0 aliphatic heterocycles. The van der Waals surface area contributed by atoms with Gasteiger partial charge in [0.05, 0.1) is 10.7 Å². The lowest BCUT2D eigenvalue weighted by Gasteiger charge is -2.25. The van der Waals surface area contributed by atoms with E-state index in [-0.39, 0.29) is 0 Å². The van der Waals surface area contributed by atoms with E-state index in [4.69, 9.17) is 33.3 Å². The van der Waals surface area contributed by atoms with E-state index in [1.807, 2.05) is 30.8 Å². The van der Waals surface area contributed by atoms with Gasteiger partial charge < -0.3 is 4.90 Å². The molecule has 0 atom stereocenters. The van der Waals surface area contributed by atoms with Gasteiger partial charge in [0.25, 0.3) is 0 Å². The number of hydrogen-bond acceptors (Lipinski definition) is 3. The van der Waals surface area contributed by atoms with Crippen LogP contribution in [0, 0.1) is 6.92 Å². The van der Waals surface area contributed by atoms with Crippen LogP contribution in [0.15, 0.2) is 24.3 Å². The molecule has 0 aliphatic rings. The van der Waals surface area contributed by atoms with Crippen molar-refractivity contribution in [3.8, 4) is 11.3 Å². The molecule has 0 N–H and O–H groups in total. The summed E-state index contributed by atoms with van der Waals surface area (Å²) in [6, 6.07) is 7.69. The fraction of sp³-hybridized carbons (Fsp3) is 0.455. The summed E-state index contributed by atoms with van der Waals surface area (Å²) in [4.78, 5) is 7.31. The Bertz CT molecular complexity index is 965. The number of aryl methyl sites for hydroxylation is 2. The minimum atomic E-state index is 0.589. The Morgan fingerprint density at radius 1 is 1.04 bits per heavy atom. The molecule has 0 saturated carbocycles.